The molecule has 18 heavy (non-hydrogen) atoms. The number of rotatable bonds is 2. The summed E-state index contributed by atoms with van der Waals surface area (Å²) in [5.74, 6) is 0. The van der Waals surface area contributed by atoms with Crippen molar-refractivity contribution in [3.63, 3.8) is 0 Å². The fraction of sp³-hybridized carbons (Fsp3) is 0.385. The lowest BCUT2D eigenvalue weighted by atomic mass is 10.2. The van der Waals surface area contributed by atoms with Gasteiger partial charge < -0.3 is 4.74 Å². The predicted octanol–water partition coefficient (Wildman–Crippen LogP) is 3.31. The highest BCUT2D eigenvalue weighted by atomic mass is 79.9. The average Bonchev–Trinajstić information content (AvgIpc) is 2.77. The predicted molar refractivity (Wildman–Crippen MR) is 71.7 cm³/mol. The van der Waals surface area contributed by atoms with Gasteiger partial charge in [-0.15, -0.1) is 0 Å². The molecule has 0 spiro atoms. The Bertz CT molecular complexity index is 588. The zero-order valence-corrected chi connectivity index (χ0v) is 11.4. The van der Waals surface area contributed by atoms with Crippen molar-refractivity contribution >= 4 is 33.1 Å². The van der Waals surface area contributed by atoms with Crippen molar-refractivity contribution in [3.05, 3.63) is 28.4 Å². The van der Waals surface area contributed by atoms with Crippen LogP contribution in [0.1, 0.15) is 36.0 Å². The molecular weight excluding hydrogens is 296 g/mol. The second-order valence-corrected chi connectivity index (χ2v) is 5.35. The molecule has 4 nitrogen and oxygen atoms in total. The second-order valence-electron chi connectivity index (χ2n) is 4.43. The molecule has 1 fully saturated rings. The zero-order chi connectivity index (χ0) is 12.5. The first kappa shape index (κ1) is 11.9. The van der Waals surface area contributed by atoms with E-state index in [0.29, 0.717) is 5.69 Å². The first-order valence-electron chi connectivity index (χ1n) is 6.04. The molecule has 0 unspecified atom stereocenters. The quantitative estimate of drug-likeness (QED) is 0.799. The summed E-state index contributed by atoms with van der Waals surface area (Å²) in [5.41, 5.74) is 1.42. The van der Waals surface area contributed by atoms with Gasteiger partial charge in [0, 0.05) is 16.5 Å². The molecule has 0 N–H and O–H groups in total. The van der Waals surface area contributed by atoms with Crippen LogP contribution in [0.25, 0.3) is 10.9 Å². The van der Waals surface area contributed by atoms with Gasteiger partial charge in [0.1, 0.15) is 5.69 Å². The SMILES string of the molecule is O=Cc1nn([C@@H]2CCCCO2)c2cc(Br)ccc12. The molecule has 0 saturated carbocycles. The van der Waals surface area contributed by atoms with E-state index >= 15 is 0 Å². The van der Waals surface area contributed by atoms with Crippen molar-refractivity contribution in [2.45, 2.75) is 25.5 Å². The van der Waals surface area contributed by atoms with Crippen LogP contribution in [-0.4, -0.2) is 22.7 Å². The van der Waals surface area contributed by atoms with Crippen LogP contribution in [0, 0.1) is 0 Å². The van der Waals surface area contributed by atoms with Gasteiger partial charge in [0.2, 0.25) is 0 Å². The molecule has 0 aliphatic carbocycles. The maximum Gasteiger partial charge on any atom is 0.170 e. The third kappa shape index (κ3) is 1.97. The monoisotopic (exact) mass is 308 g/mol. The van der Waals surface area contributed by atoms with Crippen LogP contribution >= 0.6 is 15.9 Å². The van der Waals surface area contributed by atoms with E-state index in [9.17, 15) is 4.79 Å². The molecule has 1 atom stereocenters. The Morgan fingerprint density at radius 3 is 3.06 bits per heavy atom. The molecule has 1 aliphatic rings. The Kier molecular flexibility index (Phi) is 3.18. The van der Waals surface area contributed by atoms with E-state index in [1.165, 1.54) is 0 Å². The Labute approximate surface area is 113 Å². The topological polar surface area (TPSA) is 44.1 Å². The molecule has 94 valence electrons. The Balaban J connectivity index is 2.15. The normalized spacial score (nSPS) is 20.2. The smallest absolute Gasteiger partial charge is 0.170 e. The molecule has 1 aromatic carbocycles. The maximum absolute atomic E-state index is 11.1. The molecule has 0 bridgehead atoms. The van der Waals surface area contributed by atoms with E-state index in [2.05, 4.69) is 21.0 Å². The minimum atomic E-state index is -0.0516. The highest BCUT2D eigenvalue weighted by molar-refractivity contribution is 9.10. The van der Waals surface area contributed by atoms with E-state index in [4.69, 9.17) is 4.74 Å². The number of carbonyl (C=O) groups is 1. The van der Waals surface area contributed by atoms with Crippen molar-refractivity contribution in [2.75, 3.05) is 6.61 Å². The van der Waals surface area contributed by atoms with E-state index in [1.807, 2.05) is 22.9 Å². The largest absolute Gasteiger partial charge is 0.356 e. The summed E-state index contributed by atoms with van der Waals surface area (Å²) in [5, 5.41) is 5.25. The van der Waals surface area contributed by atoms with Gasteiger partial charge in [0.15, 0.2) is 12.5 Å². The van der Waals surface area contributed by atoms with Crippen molar-refractivity contribution < 1.29 is 9.53 Å². The molecule has 2 heterocycles. The summed E-state index contributed by atoms with van der Waals surface area (Å²) in [4.78, 5) is 11.1. The maximum atomic E-state index is 11.1. The van der Waals surface area contributed by atoms with Crippen molar-refractivity contribution in [1.82, 2.24) is 9.78 Å². The first-order chi connectivity index (χ1) is 8.79. The molecule has 0 amide bonds. The lowest BCUT2D eigenvalue weighted by molar-refractivity contribution is -0.0367. The molecule has 3 rings (SSSR count). The van der Waals surface area contributed by atoms with Crippen molar-refractivity contribution in [1.29, 1.82) is 0 Å². The van der Waals surface area contributed by atoms with Gasteiger partial charge in [-0.3, -0.25) is 4.79 Å². The fourth-order valence-corrected chi connectivity index (χ4v) is 2.71. The van der Waals surface area contributed by atoms with Gasteiger partial charge in [-0.1, -0.05) is 15.9 Å². The van der Waals surface area contributed by atoms with E-state index in [-0.39, 0.29) is 6.23 Å². The number of hydrogen-bond acceptors (Lipinski definition) is 3. The molecule has 5 heteroatoms. The number of carbonyl (C=O) groups excluding carboxylic acids is 1. The highest BCUT2D eigenvalue weighted by Gasteiger charge is 2.20. The Hall–Kier alpha value is -1.20. The summed E-state index contributed by atoms with van der Waals surface area (Å²) in [7, 11) is 0. The third-order valence-electron chi connectivity index (χ3n) is 3.24. The van der Waals surface area contributed by atoms with Crippen molar-refractivity contribution in [3.8, 4) is 0 Å². The van der Waals surface area contributed by atoms with Crippen LogP contribution in [-0.2, 0) is 4.74 Å². The van der Waals surface area contributed by atoms with Crippen LogP contribution in [0.4, 0.5) is 0 Å². The molecular formula is C13H13BrN2O2. The number of aromatic nitrogens is 2. The lowest BCUT2D eigenvalue weighted by Crippen LogP contribution is -2.19. The number of ether oxygens (including phenoxy) is 1. The first-order valence-corrected chi connectivity index (χ1v) is 6.83. The highest BCUT2D eigenvalue weighted by Crippen LogP contribution is 2.29. The number of nitrogens with zero attached hydrogens (tertiary/aromatic N) is 2. The third-order valence-corrected chi connectivity index (χ3v) is 3.73. The van der Waals surface area contributed by atoms with Crippen LogP contribution in [0.2, 0.25) is 0 Å². The number of fused-ring (bicyclic) bond motifs is 1. The summed E-state index contributed by atoms with van der Waals surface area (Å²) < 4.78 is 8.55. The number of hydrogen-bond donors (Lipinski definition) is 0. The van der Waals surface area contributed by atoms with Crippen LogP contribution in [0.3, 0.4) is 0 Å². The second kappa shape index (κ2) is 4.82. The van der Waals surface area contributed by atoms with Gasteiger partial charge in [-0.05, 0) is 37.5 Å². The fourth-order valence-electron chi connectivity index (χ4n) is 2.36. The number of benzene rings is 1. The Morgan fingerprint density at radius 1 is 1.44 bits per heavy atom. The molecule has 1 saturated heterocycles. The van der Waals surface area contributed by atoms with Crippen LogP contribution in [0.5, 0.6) is 0 Å². The minimum absolute atomic E-state index is 0.0516. The van der Waals surface area contributed by atoms with Gasteiger partial charge in [0.05, 0.1) is 5.52 Å². The lowest BCUT2D eigenvalue weighted by Gasteiger charge is -2.23. The van der Waals surface area contributed by atoms with Gasteiger partial charge in [-0.25, -0.2) is 4.68 Å². The van der Waals surface area contributed by atoms with E-state index < -0.39 is 0 Å². The van der Waals surface area contributed by atoms with E-state index in [1.54, 1.807) is 0 Å². The molecule has 1 aliphatic heterocycles. The van der Waals surface area contributed by atoms with Gasteiger partial charge in [0.25, 0.3) is 0 Å². The number of aldehydes is 1. The number of halogens is 1. The van der Waals surface area contributed by atoms with Crippen LogP contribution in [0.15, 0.2) is 22.7 Å². The molecule has 1 aromatic heterocycles. The molecule has 0 radical (unpaired) electrons. The zero-order valence-electron chi connectivity index (χ0n) is 9.80. The Morgan fingerprint density at radius 2 is 2.33 bits per heavy atom. The van der Waals surface area contributed by atoms with E-state index in [0.717, 1.165) is 47.5 Å². The van der Waals surface area contributed by atoms with Crippen molar-refractivity contribution in [2.24, 2.45) is 0 Å². The summed E-state index contributed by atoms with van der Waals surface area (Å²) in [6.45, 7) is 0.760. The minimum Gasteiger partial charge on any atom is -0.356 e. The van der Waals surface area contributed by atoms with Gasteiger partial charge >= 0.3 is 0 Å². The summed E-state index contributed by atoms with van der Waals surface area (Å²) in [6, 6.07) is 5.81. The standard InChI is InChI=1S/C13H13BrN2O2/c14-9-4-5-10-11(8-17)15-16(12(10)7-9)13-3-1-2-6-18-13/h4-5,7-8,13H,1-3,6H2/t13-/m0/s1. The van der Waals surface area contributed by atoms with Gasteiger partial charge in [-0.2, -0.15) is 5.10 Å². The van der Waals surface area contributed by atoms with Crippen LogP contribution < -0.4 is 0 Å². The average molecular weight is 309 g/mol. The molecule has 2 aromatic rings. The summed E-state index contributed by atoms with van der Waals surface area (Å²) in [6.07, 6.45) is 3.93. The summed E-state index contributed by atoms with van der Waals surface area (Å²) >= 11 is 3.45.